The molecule has 0 aliphatic rings. The van der Waals surface area contributed by atoms with Crippen LogP contribution in [0.15, 0.2) is 12.1 Å². The molecule has 0 spiro atoms. The monoisotopic (exact) mass is 342 g/mol. The van der Waals surface area contributed by atoms with E-state index in [1.54, 1.807) is 0 Å². The highest BCUT2D eigenvalue weighted by atomic mass is 35.5. The van der Waals surface area contributed by atoms with E-state index in [0.717, 1.165) is 7.11 Å². The van der Waals surface area contributed by atoms with Crippen molar-refractivity contribution in [3.8, 4) is 5.75 Å². The number of rotatable bonds is 5. The molecule has 124 valence electrons. The molecule has 1 aromatic rings. The highest BCUT2D eigenvalue weighted by Gasteiger charge is 2.56. The molecule has 0 bridgehead atoms. The van der Waals surface area contributed by atoms with Crippen LogP contribution in [-0.2, 0) is 10.2 Å². The molecule has 0 aliphatic carbocycles. The third kappa shape index (κ3) is 3.35. The van der Waals surface area contributed by atoms with Crippen molar-refractivity contribution in [2.45, 2.75) is 37.5 Å². The fourth-order valence-corrected chi connectivity index (χ4v) is 2.39. The summed E-state index contributed by atoms with van der Waals surface area (Å²) in [6.07, 6.45) is -6.71. The average molecular weight is 343 g/mol. The molecule has 1 atom stereocenters. The zero-order valence-electron chi connectivity index (χ0n) is 12.1. The number of alkyl halides is 3. The predicted molar refractivity (Wildman–Crippen MR) is 72.7 cm³/mol. The maximum Gasteiger partial charge on any atom is 0.424 e. The Bertz CT molecular complexity index is 572. The zero-order chi connectivity index (χ0) is 17.3. The van der Waals surface area contributed by atoms with Gasteiger partial charge in [-0.15, -0.1) is 0 Å². The molecule has 1 aromatic carbocycles. The highest BCUT2D eigenvalue weighted by molar-refractivity contribution is 6.30. The lowest BCUT2D eigenvalue weighted by Crippen LogP contribution is -2.50. The Hall–Kier alpha value is -1.34. The summed E-state index contributed by atoms with van der Waals surface area (Å²) in [5.74, 6) is -1.25. The van der Waals surface area contributed by atoms with Gasteiger partial charge in [0.2, 0.25) is 5.60 Å². The van der Waals surface area contributed by atoms with Gasteiger partial charge in [0.15, 0.2) is 17.9 Å². The summed E-state index contributed by atoms with van der Waals surface area (Å²) < 4.78 is 57.4. The van der Waals surface area contributed by atoms with Gasteiger partial charge in [-0.1, -0.05) is 31.5 Å². The minimum absolute atomic E-state index is 0.0569. The maximum absolute atomic E-state index is 13.9. The number of halogens is 5. The van der Waals surface area contributed by atoms with Gasteiger partial charge in [0.1, 0.15) is 0 Å². The second kappa shape index (κ2) is 6.04. The standard InChI is InChI=1S/C14H15ClF4O3/c1-12(2,6-13(21,7-20)14(17,18)19)8-4-5-9(15)10(16)11(8)22-3/h4-5,7,21H,6H2,1-3H3. The third-order valence-electron chi connectivity index (χ3n) is 3.38. The van der Waals surface area contributed by atoms with Crippen LogP contribution in [0.5, 0.6) is 5.75 Å². The van der Waals surface area contributed by atoms with Crippen molar-refractivity contribution in [1.82, 2.24) is 0 Å². The molecular weight excluding hydrogens is 328 g/mol. The first-order valence-electron chi connectivity index (χ1n) is 6.17. The van der Waals surface area contributed by atoms with Crippen LogP contribution in [0.25, 0.3) is 0 Å². The van der Waals surface area contributed by atoms with Gasteiger partial charge in [-0.05, 0) is 11.5 Å². The Morgan fingerprint density at radius 3 is 2.27 bits per heavy atom. The number of carbonyl (C=O) groups excluding carboxylic acids is 1. The van der Waals surface area contributed by atoms with E-state index < -0.39 is 35.7 Å². The minimum Gasteiger partial charge on any atom is -0.493 e. The van der Waals surface area contributed by atoms with E-state index in [9.17, 15) is 27.5 Å². The Kier molecular flexibility index (Phi) is 5.14. The van der Waals surface area contributed by atoms with Crippen LogP contribution in [0.4, 0.5) is 17.6 Å². The second-order valence-corrected chi connectivity index (χ2v) is 5.95. The van der Waals surface area contributed by atoms with E-state index in [2.05, 4.69) is 0 Å². The molecule has 0 saturated carbocycles. The number of methoxy groups -OCH3 is 1. The molecule has 8 heteroatoms. The van der Waals surface area contributed by atoms with Gasteiger partial charge in [0, 0.05) is 12.0 Å². The normalized spacial score (nSPS) is 15.3. The quantitative estimate of drug-likeness (QED) is 0.656. The number of aliphatic hydroxyl groups is 1. The number of ether oxygens (including phenoxy) is 1. The molecule has 3 nitrogen and oxygen atoms in total. The van der Waals surface area contributed by atoms with Crippen LogP contribution in [0, 0.1) is 5.82 Å². The lowest BCUT2D eigenvalue weighted by molar-refractivity contribution is -0.250. The van der Waals surface area contributed by atoms with E-state index in [4.69, 9.17) is 16.3 Å². The summed E-state index contributed by atoms with van der Waals surface area (Å²) in [5, 5.41) is 9.34. The van der Waals surface area contributed by atoms with Crippen LogP contribution in [-0.4, -0.2) is 30.3 Å². The first kappa shape index (κ1) is 18.7. The highest BCUT2D eigenvalue weighted by Crippen LogP contribution is 2.44. The van der Waals surface area contributed by atoms with Crippen molar-refractivity contribution in [3.05, 3.63) is 28.5 Å². The molecule has 1 N–H and O–H groups in total. The summed E-state index contributed by atoms with van der Waals surface area (Å²) in [4.78, 5) is 10.8. The topological polar surface area (TPSA) is 46.5 Å². The SMILES string of the molecule is COc1c(C(C)(C)CC(O)(C=O)C(F)(F)F)ccc(Cl)c1F. The van der Waals surface area contributed by atoms with Gasteiger partial charge >= 0.3 is 6.18 Å². The zero-order valence-corrected chi connectivity index (χ0v) is 12.8. The number of aldehydes is 1. The van der Waals surface area contributed by atoms with Crippen LogP contribution in [0.2, 0.25) is 5.02 Å². The Balaban J connectivity index is 3.37. The third-order valence-corrected chi connectivity index (χ3v) is 3.67. The minimum atomic E-state index is -5.15. The molecule has 0 heterocycles. The Morgan fingerprint density at radius 2 is 1.86 bits per heavy atom. The molecule has 1 unspecified atom stereocenters. The van der Waals surface area contributed by atoms with E-state index in [1.165, 1.54) is 26.0 Å². The van der Waals surface area contributed by atoms with Crippen molar-refractivity contribution >= 4 is 17.9 Å². The van der Waals surface area contributed by atoms with Crippen LogP contribution >= 0.6 is 11.6 Å². The van der Waals surface area contributed by atoms with Gasteiger partial charge in [0.25, 0.3) is 0 Å². The van der Waals surface area contributed by atoms with Crippen molar-refractivity contribution in [1.29, 1.82) is 0 Å². The van der Waals surface area contributed by atoms with Crippen molar-refractivity contribution in [2.24, 2.45) is 0 Å². The fourth-order valence-electron chi connectivity index (χ4n) is 2.24. The molecule has 0 radical (unpaired) electrons. The summed E-state index contributed by atoms with van der Waals surface area (Å²) in [6, 6.07) is 2.47. The van der Waals surface area contributed by atoms with Gasteiger partial charge in [-0.25, -0.2) is 4.39 Å². The summed E-state index contributed by atoms with van der Waals surface area (Å²) in [7, 11) is 1.14. The van der Waals surface area contributed by atoms with Gasteiger partial charge in [-0.2, -0.15) is 13.2 Å². The molecule has 0 aliphatic heterocycles. The molecular formula is C14H15ClF4O3. The molecule has 0 aromatic heterocycles. The van der Waals surface area contributed by atoms with Crippen molar-refractivity contribution in [2.75, 3.05) is 7.11 Å². The number of carbonyl (C=O) groups is 1. The number of hydrogen-bond donors (Lipinski definition) is 1. The molecule has 0 amide bonds. The maximum atomic E-state index is 13.9. The van der Waals surface area contributed by atoms with Crippen LogP contribution < -0.4 is 4.74 Å². The fraction of sp³-hybridized carbons (Fsp3) is 0.500. The van der Waals surface area contributed by atoms with Gasteiger partial charge in [-0.3, -0.25) is 4.79 Å². The number of benzene rings is 1. The largest absolute Gasteiger partial charge is 0.493 e. The van der Waals surface area contributed by atoms with Crippen molar-refractivity contribution in [3.63, 3.8) is 0 Å². The summed E-state index contributed by atoms with van der Waals surface area (Å²) >= 11 is 5.61. The Morgan fingerprint density at radius 1 is 1.32 bits per heavy atom. The molecule has 22 heavy (non-hydrogen) atoms. The van der Waals surface area contributed by atoms with E-state index in [-0.39, 0.29) is 16.3 Å². The van der Waals surface area contributed by atoms with E-state index >= 15 is 0 Å². The number of hydrogen-bond acceptors (Lipinski definition) is 3. The summed E-state index contributed by atoms with van der Waals surface area (Å²) in [5.41, 5.74) is -4.90. The lowest BCUT2D eigenvalue weighted by atomic mass is 9.75. The smallest absolute Gasteiger partial charge is 0.424 e. The molecule has 0 saturated heterocycles. The molecule has 0 fully saturated rings. The van der Waals surface area contributed by atoms with Crippen LogP contribution in [0.3, 0.4) is 0 Å². The second-order valence-electron chi connectivity index (χ2n) is 5.54. The van der Waals surface area contributed by atoms with Crippen LogP contribution in [0.1, 0.15) is 25.8 Å². The van der Waals surface area contributed by atoms with E-state index in [1.807, 2.05) is 0 Å². The Labute approximate surface area is 129 Å². The lowest BCUT2D eigenvalue weighted by Gasteiger charge is -2.35. The average Bonchev–Trinajstić information content (AvgIpc) is 2.39. The van der Waals surface area contributed by atoms with Crippen molar-refractivity contribution < 1.29 is 32.2 Å². The molecule has 1 rings (SSSR count). The van der Waals surface area contributed by atoms with E-state index in [0.29, 0.717) is 0 Å². The summed E-state index contributed by atoms with van der Waals surface area (Å²) in [6.45, 7) is 2.66. The van der Waals surface area contributed by atoms with Gasteiger partial charge in [0.05, 0.1) is 12.1 Å². The first-order valence-corrected chi connectivity index (χ1v) is 6.55. The predicted octanol–water partition coefficient (Wildman–Crippen LogP) is 3.65. The first-order chi connectivity index (χ1) is 9.89. The van der Waals surface area contributed by atoms with Gasteiger partial charge < -0.3 is 9.84 Å².